The summed E-state index contributed by atoms with van der Waals surface area (Å²) < 4.78 is 10.8. The summed E-state index contributed by atoms with van der Waals surface area (Å²) in [6, 6.07) is 5.95. The minimum absolute atomic E-state index is 0.371. The molecule has 20 heavy (non-hydrogen) atoms. The van der Waals surface area contributed by atoms with Crippen LogP contribution in [0.2, 0.25) is 0 Å². The van der Waals surface area contributed by atoms with Crippen LogP contribution in [0.25, 0.3) is 0 Å². The van der Waals surface area contributed by atoms with E-state index in [0.29, 0.717) is 6.54 Å². The van der Waals surface area contributed by atoms with E-state index in [2.05, 4.69) is 29.9 Å². The SMILES string of the molecule is CCOCCN(C)Cc1cc(C#CCN)ccc1OC. The number of rotatable bonds is 7. The lowest BCUT2D eigenvalue weighted by molar-refractivity contribution is 0.120. The van der Waals surface area contributed by atoms with Gasteiger partial charge in [-0.15, -0.1) is 0 Å². The van der Waals surface area contributed by atoms with Gasteiger partial charge in [-0.2, -0.15) is 0 Å². The molecule has 0 saturated heterocycles. The first-order valence-electron chi connectivity index (χ1n) is 6.83. The highest BCUT2D eigenvalue weighted by atomic mass is 16.5. The highest BCUT2D eigenvalue weighted by Crippen LogP contribution is 2.21. The molecule has 4 heteroatoms. The topological polar surface area (TPSA) is 47.7 Å². The Morgan fingerprint density at radius 3 is 2.80 bits per heavy atom. The van der Waals surface area contributed by atoms with Crippen LogP contribution in [0.15, 0.2) is 18.2 Å². The van der Waals surface area contributed by atoms with Crippen LogP contribution in [0.5, 0.6) is 5.75 Å². The summed E-state index contributed by atoms with van der Waals surface area (Å²) >= 11 is 0. The molecule has 0 heterocycles. The van der Waals surface area contributed by atoms with E-state index in [9.17, 15) is 0 Å². The van der Waals surface area contributed by atoms with Gasteiger partial charge in [-0.1, -0.05) is 11.8 Å². The van der Waals surface area contributed by atoms with E-state index in [-0.39, 0.29) is 0 Å². The molecule has 0 radical (unpaired) electrons. The Kier molecular flexibility index (Phi) is 7.74. The first-order chi connectivity index (χ1) is 9.71. The Labute approximate surface area is 121 Å². The molecule has 110 valence electrons. The lowest BCUT2D eigenvalue weighted by Crippen LogP contribution is -2.23. The summed E-state index contributed by atoms with van der Waals surface area (Å²) in [5, 5.41) is 0. The zero-order chi connectivity index (χ0) is 14.8. The van der Waals surface area contributed by atoms with Gasteiger partial charge in [0.2, 0.25) is 0 Å². The number of benzene rings is 1. The largest absolute Gasteiger partial charge is 0.496 e. The van der Waals surface area contributed by atoms with Crippen LogP contribution in [-0.2, 0) is 11.3 Å². The molecule has 0 saturated carbocycles. The smallest absolute Gasteiger partial charge is 0.123 e. The Morgan fingerprint density at radius 2 is 2.15 bits per heavy atom. The molecule has 0 spiro atoms. The van der Waals surface area contributed by atoms with Crippen molar-refractivity contribution in [2.75, 3.05) is 40.5 Å². The average molecular weight is 276 g/mol. The molecule has 4 nitrogen and oxygen atoms in total. The van der Waals surface area contributed by atoms with Gasteiger partial charge in [0.15, 0.2) is 0 Å². The quantitative estimate of drug-likeness (QED) is 0.605. The zero-order valence-electron chi connectivity index (χ0n) is 12.6. The van der Waals surface area contributed by atoms with E-state index >= 15 is 0 Å². The number of methoxy groups -OCH3 is 1. The first kappa shape index (κ1) is 16.5. The van der Waals surface area contributed by atoms with Crippen LogP contribution >= 0.6 is 0 Å². The second kappa shape index (κ2) is 9.38. The third-order valence-electron chi connectivity index (χ3n) is 2.88. The molecular formula is C16H24N2O2. The van der Waals surface area contributed by atoms with Gasteiger partial charge in [-0.3, -0.25) is 4.90 Å². The predicted octanol–water partition coefficient (Wildman–Crippen LogP) is 1.47. The van der Waals surface area contributed by atoms with Gasteiger partial charge in [-0.05, 0) is 32.2 Å². The summed E-state index contributed by atoms with van der Waals surface area (Å²) in [6.45, 7) is 5.55. The molecule has 0 aliphatic carbocycles. The maximum absolute atomic E-state index is 5.40. The molecule has 0 aromatic heterocycles. The molecule has 0 bridgehead atoms. The van der Waals surface area contributed by atoms with Gasteiger partial charge >= 0.3 is 0 Å². The van der Waals surface area contributed by atoms with Crippen LogP contribution in [0.3, 0.4) is 0 Å². The van der Waals surface area contributed by atoms with E-state index in [1.807, 2.05) is 19.1 Å². The van der Waals surface area contributed by atoms with Crippen molar-refractivity contribution in [1.82, 2.24) is 4.90 Å². The summed E-state index contributed by atoms with van der Waals surface area (Å²) in [4.78, 5) is 2.20. The van der Waals surface area contributed by atoms with Crippen LogP contribution in [0.4, 0.5) is 0 Å². The third-order valence-corrected chi connectivity index (χ3v) is 2.88. The normalized spacial score (nSPS) is 10.2. The van der Waals surface area contributed by atoms with Crippen molar-refractivity contribution in [1.29, 1.82) is 0 Å². The van der Waals surface area contributed by atoms with E-state index in [0.717, 1.165) is 43.2 Å². The molecule has 0 fully saturated rings. The second-order valence-corrected chi connectivity index (χ2v) is 4.47. The van der Waals surface area contributed by atoms with Gasteiger partial charge in [0.1, 0.15) is 5.75 Å². The Bertz CT molecular complexity index is 463. The molecule has 1 aromatic carbocycles. The van der Waals surface area contributed by atoms with Crippen molar-refractivity contribution < 1.29 is 9.47 Å². The molecule has 1 aromatic rings. The molecule has 0 unspecified atom stereocenters. The Morgan fingerprint density at radius 1 is 1.35 bits per heavy atom. The minimum atomic E-state index is 0.371. The fourth-order valence-electron chi connectivity index (χ4n) is 1.87. The molecule has 2 N–H and O–H groups in total. The van der Waals surface area contributed by atoms with Crippen molar-refractivity contribution in [3.05, 3.63) is 29.3 Å². The second-order valence-electron chi connectivity index (χ2n) is 4.47. The summed E-state index contributed by atoms with van der Waals surface area (Å²) in [7, 11) is 3.75. The van der Waals surface area contributed by atoms with Crippen LogP contribution in [0.1, 0.15) is 18.1 Å². The lowest BCUT2D eigenvalue weighted by Gasteiger charge is -2.18. The van der Waals surface area contributed by atoms with Gasteiger partial charge in [0, 0.05) is 30.8 Å². The average Bonchev–Trinajstić information content (AvgIpc) is 2.45. The molecular weight excluding hydrogens is 252 g/mol. The fourth-order valence-corrected chi connectivity index (χ4v) is 1.87. The van der Waals surface area contributed by atoms with Gasteiger partial charge in [0.05, 0.1) is 20.3 Å². The van der Waals surface area contributed by atoms with Crippen molar-refractivity contribution in [2.45, 2.75) is 13.5 Å². The minimum Gasteiger partial charge on any atom is -0.496 e. The summed E-state index contributed by atoms with van der Waals surface area (Å²) in [5.74, 6) is 6.80. The zero-order valence-corrected chi connectivity index (χ0v) is 12.6. The lowest BCUT2D eigenvalue weighted by atomic mass is 10.1. The fraction of sp³-hybridized carbons (Fsp3) is 0.500. The number of likely N-dealkylation sites (N-methyl/N-ethyl adjacent to an activating group) is 1. The van der Waals surface area contributed by atoms with Gasteiger partial charge < -0.3 is 15.2 Å². The van der Waals surface area contributed by atoms with E-state index < -0.39 is 0 Å². The van der Waals surface area contributed by atoms with Gasteiger partial charge in [-0.25, -0.2) is 0 Å². The highest BCUT2D eigenvalue weighted by molar-refractivity contribution is 5.44. The van der Waals surface area contributed by atoms with Crippen molar-refractivity contribution in [2.24, 2.45) is 5.73 Å². The number of hydrogen-bond donors (Lipinski definition) is 1. The maximum Gasteiger partial charge on any atom is 0.123 e. The molecule has 0 aliphatic heterocycles. The summed E-state index contributed by atoms with van der Waals surface area (Å²) in [5.41, 5.74) is 7.48. The number of nitrogens with zero attached hydrogens (tertiary/aromatic N) is 1. The maximum atomic E-state index is 5.40. The highest BCUT2D eigenvalue weighted by Gasteiger charge is 2.07. The molecule has 0 atom stereocenters. The number of ether oxygens (including phenoxy) is 2. The third kappa shape index (κ3) is 5.62. The number of nitrogens with two attached hydrogens (primary N) is 1. The van der Waals surface area contributed by atoms with E-state index in [4.69, 9.17) is 15.2 Å². The monoisotopic (exact) mass is 276 g/mol. The predicted molar refractivity (Wildman–Crippen MR) is 81.8 cm³/mol. The van der Waals surface area contributed by atoms with E-state index in [1.165, 1.54) is 0 Å². The molecule has 1 rings (SSSR count). The van der Waals surface area contributed by atoms with Crippen LogP contribution in [-0.4, -0.2) is 45.4 Å². The van der Waals surface area contributed by atoms with E-state index in [1.54, 1.807) is 7.11 Å². The standard InChI is InChI=1S/C16H24N2O2/c1-4-20-11-10-18(2)13-15-12-14(6-5-9-17)7-8-16(15)19-3/h7-8,12H,4,9-11,13,17H2,1-3H3. The van der Waals surface area contributed by atoms with Crippen LogP contribution < -0.4 is 10.5 Å². The summed E-state index contributed by atoms with van der Waals surface area (Å²) in [6.07, 6.45) is 0. The first-order valence-corrected chi connectivity index (χ1v) is 6.83. The van der Waals surface area contributed by atoms with Crippen molar-refractivity contribution >= 4 is 0 Å². The Hall–Kier alpha value is -1.54. The number of hydrogen-bond acceptors (Lipinski definition) is 4. The van der Waals surface area contributed by atoms with Crippen LogP contribution in [0, 0.1) is 11.8 Å². The Balaban J connectivity index is 2.74. The van der Waals surface area contributed by atoms with Crippen molar-refractivity contribution in [3.63, 3.8) is 0 Å². The van der Waals surface area contributed by atoms with Crippen molar-refractivity contribution in [3.8, 4) is 17.6 Å². The molecule has 0 aliphatic rings. The van der Waals surface area contributed by atoms with Gasteiger partial charge in [0.25, 0.3) is 0 Å². The molecule has 0 amide bonds.